The van der Waals surface area contributed by atoms with Crippen LogP contribution in [0.25, 0.3) is 0 Å². The molecule has 0 bridgehead atoms. The van der Waals surface area contributed by atoms with E-state index in [1.165, 1.54) is 4.88 Å². The Labute approximate surface area is 216 Å². The van der Waals surface area contributed by atoms with Crippen LogP contribution >= 0.6 is 11.3 Å². The van der Waals surface area contributed by atoms with Crippen molar-refractivity contribution in [3.8, 4) is 11.5 Å². The van der Waals surface area contributed by atoms with Crippen LogP contribution in [0.5, 0.6) is 11.5 Å². The molecule has 8 heteroatoms. The van der Waals surface area contributed by atoms with Crippen LogP contribution in [0.2, 0.25) is 0 Å². The van der Waals surface area contributed by atoms with Gasteiger partial charge in [0, 0.05) is 43.3 Å². The van der Waals surface area contributed by atoms with E-state index in [1.54, 1.807) is 42.6 Å². The fourth-order valence-electron chi connectivity index (χ4n) is 4.41. The highest BCUT2D eigenvalue weighted by Crippen LogP contribution is 2.34. The second-order valence-electron chi connectivity index (χ2n) is 8.58. The molecular formula is C28H32N2O5S. The van der Waals surface area contributed by atoms with Crippen molar-refractivity contribution in [3.63, 3.8) is 0 Å². The summed E-state index contributed by atoms with van der Waals surface area (Å²) in [4.78, 5) is 31.7. The number of rotatable bonds is 11. The number of carbonyl (C=O) groups is 2. The SMILES string of the molecule is COCCCN(CC(=O)N1CCc2sccc2[C@H]1COc1cccc(OC)c1)C(=O)c1ccccc1. The lowest BCUT2D eigenvalue weighted by molar-refractivity contribution is -0.135. The van der Waals surface area contributed by atoms with Gasteiger partial charge < -0.3 is 24.0 Å². The number of carbonyl (C=O) groups excluding carboxylic acids is 2. The van der Waals surface area contributed by atoms with Gasteiger partial charge in [0.05, 0.1) is 13.2 Å². The minimum absolute atomic E-state index is 0.00652. The topological polar surface area (TPSA) is 68.3 Å². The molecule has 0 saturated carbocycles. The Balaban J connectivity index is 1.51. The fourth-order valence-corrected chi connectivity index (χ4v) is 5.34. The van der Waals surface area contributed by atoms with Crippen molar-refractivity contribution in [1.82, 2.24) is 9.80 Å². The number of hydrogen-bond donors (Lipinski definition) is 0. The van der Waals surface area contributed by atoms with E-state index in [2.05, 4.69) is 11.4 Å². The molecule has 0 radical (unpaired) electrons. The molecule has 0 fully saturated rings. The van der Waals surface area contributed by atoms with Crippen molar-refractivity contribution in [2.45, 2.75) is 18.9 Å². The maximum atomic E-state index is 13.7. The first kappa shape index (κ1) is 25.7. The molecule has 7 nitrogen and oxygen atoms in total. The van der Waals surface area contributed by atoms with Crippen molar-refractivity contribution in [1.29, 1.82) is 0 Å². The normalized spacial score (nSPS) is 14.7. The molecule has 1 atom stereocenters. The molecule has 0 N–H and O–H groups in total. The quantitative estimate of drug-likeness (QED) is 0.358. The molecule has 0 saturated heterocycles. The predicted octanol–water partition coefficient (Wildman–Crippen LogP) is 4.44. The van der Waals surface area contributed by atoms with E-state index in [1.807, 2.05) is 47.4 Å². The van der Waals surface area contributed by atoms with Crippen molar-refractivity contribution < 1.29 is 23.8 Å². The standard InChI is InChI=1S/C28H32N2O5S/c1-33-16-7-14-29(28(32)21-8-4-3-5-9-21)19-27(31)30-15-12-26-24(13-17-36-26)25(30)20-35-23-11-6-10-22(18-23)34-2/h3-6,8-11,13,17-18,25H,7,12,14-16,19-20H2,1-2H3/t25-/m1/s1. The molecule has 2 heterocycles. The molecule has 0 aliphatic carbocycles. The number of methoxy groups -OCH3 is 2. The first-order valence-corrected chi connectivity index (χ1v) is 12.9. The van der Waals surface area contributed by atoms with Crippen molar-refractivity contribution >= 4 is 23.2 Å². The van der Waals surface area contributed by atoms with Crippen molar-refractivity contribution in [2.24, 2.45) is 0 Å². The Kier molecular flexibility index (Phi) is 8.97. The Morgan fingerprint density at radius 1 is 1.06 bits per heavy atom. The molecule has 0 spiro atoms. The summed E-state index contributed by atoms with van der Waals surface area (Å²) in [5.41, 5.74) is 1.68. The van der Waals surface area contributed by atoms with Gasteiger partial charge in [0.15, 0.2) is 0 Å². The second-order valence-corrected chi connectivity index (χ2v) is 9.58. The van der Waals surface area contributed by atoms with Gasteiger partial charge in [-0.25, -0.2) is 0 Å². The molecule has 3 aromatic rings. The molecule has 2 aromatic carbocycles. The third-order valence-electron chi connectivity index (χ3n) is 6.27. The monoisotopic (exact) mass is 508 g/mol. The van der Waals surface area contributed by atoms with Crippen LogP contribution in [-0.2, 0) is 16.0 Å². The minimum atomic E-state index is -0.230. The van der Waals surface area contributed by atoms with E-state index >= 15 is 0 Å². The highest BCUT2D eigenvalue weighted by atomic mass is 32.1. The number of ether oxygens (including phenoxy) is 3. The van der Waals surface area contributed by atoms with Crippen LogP contribution < -0.4 is 9.47 Å². The summed E-state index contributed by atoms with van der Waals surface area (Å²) >= 11 is 1.71. The summed E-state index contributed by atoms with van der Waals surface area (Å²) in [7, 11) is 3.25. The zero-order valence-corrected chi connectivity index (χ0v) is 21.5. The number of thiophene rings is 1. The van der Waals surface area contributed by atoms with E-state index < -0.39 is 0 Å². The highest BCUT2D eigenvalue weighted by Gasteiger charge is 2.33. The van der Waals surface area contributed by atoms with E-state index in [0.29, 0.717) is 49.8 Å². The lowest BCUT2D eigenvalue weighted by atomic mass is 10.0. The van der Waals surface area contributed by atoms with E-state index in [9.17, 15) is 9.59 Å². The van der Waals surface area contributed by atoms with E-state index in [4.69, 9.17) is 14.2 Å². The zero-order valence-electron chi connectivity index (χ0n) is 20.7. The van der Waals surface area contributed by atoms with Crippen molar-refractivity contribution in [2.75, 3.05) is 47.1 Å². The van der Waals surface area contributed by atoms with Gasteiger partial charge in [-0.3, -0.25) is 9.59 Å². The number of benzene rings is 2. The Bertz CT molecular complexity index is 1150. The number of hydrogen-bond acceptors (Lipinski definition) is 6. The first-order valence-electron chi connectivity index (χ1n) is 12.1. The van der Waals surface area contributed by atoms with Crippen LogP contribution in [0.4, 0.5) is 0 Å². The Morgan fingerprint density at radius 2 is 1.86 bits per heavy atom. The van der Waals surface area contributed by atoms with E-state index in [-0.39, 0.29) is 24.4 Å². The molecule has 1 aliphatic heterocycles. The molecule has 190 valence electrons. The number of amides is 2. The molecular weight excluding hydrogens is 476 g/mol. The predicted molar refractivity (Wildman–Crippen MR) is 140 cm³/mol. The van der Waals surface area contributed by atoms with Crippen LogP contribution in [0.15, 0.2) is 66.0 Å². The maximum absolute atomic E-state index is 13.7. The highest BCUT2D eigenvalue weighted by molar-refractivity contribution is 7.10. The average Bonchev–Trinajstić information content (AvgIpc) is 3.40. The van der Waals surface area contributed by atoms with Gasteiger partial charge in [0.1, 0.15) is 24.7 Å². The summed E-state index contributed by atoms with van der Waals surface area (Å²) in [6.07, 6.45) is 1.45. The van der Waals surface area contributed by atoms with Gasteiger partial charge in [-0.1, -0.05) is 24.3 Å². The summed E-state index contributed by atoms with van der Waals surface area (Å²) in [6, 6.07) is 18.4. The maximum Gasteiger partial charge on any atom is 0.254 e. The van der Waals surface area contributed by atoms with E-state index in [0.717, 1.165) is 12.0 Å². The van der Waals surface area contributed by atoms with Gasteiger partial charge in [0.25, 0.3) is 5.91 Å². The minimum Gasteiger partial charge on any atom is -0.497 e. The van der Waals surface area contributed by atoms with Crippen LogP contribution in [-0.4, -0.2) is 68.7 Å². The molecule has 0 unspecified atom stereocenters. The number of fused-ring (bicyclic) bond motifs is 1. The average molecular weight is 509 g/mol. The molecule has 2 amide bonds. The largest absolute Gasteiger partial charge is 0.497 e. The van der Waals surface area contributed by atoms with Gasteiger partial charge in [-0.15, -0.1) is 11.3 Å². The lowest BCUT2D eigenvalue weighted by Crippen LogP contribution is -2.48. The summed E-state index contributed by atoms with van der Waals surface area (Å²) in [5, 5.41) is 2.06. The van der Waals surface area contributed by atoms with Gasteiger partial charge in [-0.05, 0) is 54.1 Å². The molecule has 1 aliphatic rings. The third-order valence-corrected chi connectivity index (χ3v) is 7.27. The zero-order chi connectivity index (χ0) is 25.3. The third kappa shape index (κ3) is 6.25. The lowest BCUT2D eigenvalue weighted by Gasteiger charge is -2.37. The summed E-state index contributed by atoms with van der Waals surface area (Å²) < 4.78 is 16.6. The van der Waals surface area contributed by atoms with Crippen LogP contribution in [0.3, 0.4) is 0 Å². The second kappa shape index (κ2) is 12.6. The molecule has 1 aromatic heterocycles. The van der Waals surface area contributed by atoms with Crippen molar-refractivity contribution in [3.05, 3.63) is 82.0 Å². The van der Waals surface area contributed by atoms with Crippen LogP contribution in [0.1, 0.15) is 33.3 Å². The van der Waals surface area contributed by atoms with Gasteiger partial charge in [-0.2, -0.15) is 0 Å². The van der Waals surface area contributed by atoms with Crippen LogP contribution in [0, 0.1) is 0 Å². The van der Waals surface area contributed by atoms with Gasteiger partial charge in [0.2, 0.25) is 5.91 Å². The fraction of sp³-hybridized carbons (Fsp3) is 0.357. The first-order chi connectivity index (χ1) is 17.6. The molecule has 36 heavy (non-hydrogen) atoms. The molecule has 4 rings (SSSR count). The smallest absolute Gasteiger partial charge is 0.254 e. The Hall–Kier alpha value is -3.36. The Morgan fingerprint density at radius 3 is 2.64 bits per heavy atom. The summed E-state index contributed by atoms with van der Waals surface area (Å²) in [6.45, 7) is 1.87. The van der Waals surface area contributed by atoms with Gasteiger partial charge >= 0.3 is 0 Å². The summed E-state index contributed by atoms with van der Waals surface area (Å²) in [5.74, 6) is 1.15. The number of nitrogens with zero attached hydrogens (tertiary/aromatic N) is 2.